The van der Waals surface area contributed by atoms with Gasteiger partial charge in [0.15, 0.2) is 5.69 Å². The number of para-hydroxylation sites is 1. The highest BCUT2D eigenvalue weighted by Crippen LogP contribution is 2.39. The lowest BCUT2D eigenvalue weighted by atomic mass is 10.1. The Labute approximate surface area is 177 Å². The fraction of sp³-hybridized carbons (Fsp3) is 0.125. The number of hydrogen-bond acceptors (Lipinski definition) is 3. The number of fused-ring (bicyclic) bond motifs is 2. The second kappa shape index (κ2) is 7.34. The van der Waals surface area contributed by atoms with E-state index in [1.807, 2.05) is 43.4 Å². The number of nitrogens with zero attached hydrogens (tertiary/aromatic N) is 4. The highest BCUT2D eigenvalue weighted by molar-refractivity contribution is 7.16. The zero-order valence-corrected chi connectivity index (χ0v) is 17.9. The molecule has 0 aliphatic rings. The van der Waals surface area contributed by atoms with Gasteiger partial charge in [-0.25, -0.2) is 4.57 Å². The number of benzene rings is 3. The molecular weight excluding hydrogens is 392 g/mol. The molecule has 5 nitrogen and oxygen atoms in total. The first kappa shape index (κ1) is 18.4. The summed E-state index contributed by atoms with van der Waals surface area (Å²) >= 11 is 1.60. The second-order valence-corrected chi connectivity index (χ2v) is 8.13. The molecule has 5 rings (SSSR count). The first-order chi connectivity index (χ1) is 14.7. The van der Waals surface area contributed by atoms with Crippen LogP contribution < -0.4 is 9.54 Å². The smallest absolute Gasteiger partial charge is 0.465 e. The lowest BCUT2D eigenvalue weighted by Gasteiger charge is -2.04. The van der Waals surface area contributed by atoms with E-state index >= 15 is 0 Å². The fourth-order valence-electron chi connectivity index (χ4n) is 3.83. The minimum atomic E-state index is 0.838. The standard InChI is InChI=1S/C24H21N4OS/c1-27-19-12-8-7-11-18(19)22(23(27)16-9-5-4-6-10-16)25-26-24-28(2)20-14-13-17(29-3)15-21(20)30-24/h4-15H,1-3H3/q+1. The van der Waals surface area contributed by atoms with Crippen LogP contribution in [0.2, 0.25) is 0 Å². The summed E-state index contributed by atoms with van der Waals surface area (Å²) in [5.74, 6) is 0.841. The average Bonchev–Trinajstić information content (AvgIpc) is 3.26. The zero-order valence-electron chi connectivity index (χ0n) is 17.0. The Morgan fingerprint density at radius 3 is 2.43 bits per heavy atom. The summed E-state index contributed by atoms with van der Waals surface area (Å²) < 4.78 is 10.7. The Balaban J connectivity index is 1.79. The van der Waals surface area contributed by atoms with Crippen LogP contribution in [-0.4, -0.2) is 21.0 Å². The van der Waals surface area contributed by atoms with E-state index in [2.05, 4.69) is 57.4 Å². The van der Waals surface area contributed by atoms with Gasteiger partial charge in [-0.1, -0.05) is 53.3 Å². The number of rotatable bonds is 3. The predicted molar refractivity (Wildman–Crippen MR) is 121 cm³/mol. The molecule has 30 heavy (non-hydrogen) atoms. The zero-order chi connectivity index (χ0) is 20.7. The Morgan fingerprint density at radius 2 is 1.63 bits per heavy atom. The highest BCUT2D eigenvalue weighted by Gasteiger charge is 2.18. The SMILES string of the molecule is COc1ccc2c(c1)sc(=[N+]=Nc1c(-c3ccccc3)n(C)c3ccccc13)n2C. The molecule has 2 aromatic heterocycles. The summed E-state index contributed by atoms with van der Waals surface area (Å²) in [6.45, 7) is 0. The number of aryl methyl sites for hydroxylation is 2. The Kier molecular flexibility index (Phi) is 4.51. The fourth-order valence-corrected chi connectivity index (χ4v) is 4.83. The molecule has 0 radical (unpaired) electrons. The summed E-state index contributed by atoms with van der Waals surface area (Å²) in [5, 5.41) is 5.85. The van der Waals surface area contributed by atoms with Gasteiger partial charge >= 0.3 is 4.80 Å². The van der Waals surface area contributed by atoms with Gasteiger partial charge in [0, 0.05) is 29.2 Å². The third-order valence-corrected chi connectivity index (χ3v) is 6.46. The molecule has 0 atom stereocenters. The topological polar surface area (TPSA) is 45.5 Å². The number of aromatic nitrogens is 2. The van der Waals surface area contributed by atoms with Crippen molar-refractivity contribution in [2.75, 3.05) is 7.11 Å². The van der Waals surface area contributed by atoms with Crippen LogP contribution in [0.1, 0.15) is 0 Å². The first-order valence-corrected chi connectivity index (χ1v) is 10.5. The number of ether oxygens (including phenoxy) is 1. The van der Waals surface area contributed by atoms with Crippen molar-refractivity contribution in [2.45, 2.75) is 0 Å². The van der Waals surface area contributed by atoms with E-state index in [1.165, 1.54) is 0 Å². The molecule has 0 bridgehead atoms. The minimum Gasteiger partial charge on any atom is -0.497 e. The molecule has 6 heteroatoms. The number of methoxy groups -OCH3 is 1. The molecule has 148 valence electrons. The second-order valence-electron chi connectivity index (χ2n) is 7.12. The molecule has 3 aromatic carbocycles. The van der Waals surface area contributed by atoms with Gasteiger partial charge in [-0.3, -0.25) is 0 Å². The molecule has 0 unspecified atom stereocenters. The lowest BCUT2D eigenvalue weighted by Crippen LogP contribution is -2.11. The van der Waals surface area contributed by atoms with E-state index < -0.39 is 0 Å². The lowest BCUT2D eigenvalue weighted by molar-refractivity contribution is -0.135. The van der Waals surface area contributed by atoms with Gasteiger partial charge in [0.2, 0.25) is 0 Å². The molecule has 0 saturated carbocycles. The van der Waals surface area contributed by atoms with E-state index in [9.17, 15) is 0 Å². The monoisotopic (exact) mass is 413 g/mol. The van der Waals surface area contributed by atoms with E-state index in [0.29, 0.717) is 0 Å². The molecule has 0 fully saturated rings. The van der Waals surface area contributed by atoms with Crippen molar-refractivity contribution in [3.8, 4) is 17.0 Å². The summed E-state index contributed by atoms with van der Waals surface area (Å²) in [5.41, 5.74) is 5.31. The molecule has 0 aliphatic heterocycles. The van der Waals surface area contributed by atoms with Crippen LogP contribution in [0.5, 0.6) is 5.75 Å². The van der Waals surface area contributed by atoms with E-state index in [-0.39, 0.29) is 0 Å². The Morgan fingerprint density at radius 1 is 0.867 bits per heavy atom. The molecule has 0 saturated heterocycles. The van der Waals surface area contributed by atoms with Crippen molar-refractivity contribution in [3.63, 3.8) is 0 Å². The molecule has 0 spiro atoms. The van der Waals surface area contributed by atoms with Crippen LogP contribution >= 0.6 is 11.3 Å². The predicted octanol–water partition coefficient (Wildman–Crippen LogP) is 5.30. The van der Waals surface area contributed by atoms with Gasteiger partial charge in [-0.15, -0.1) is 0 Å². The van der Waals surface area contributed by atoms with Crippen molar-refractivity contribution in [1.29, 1.82) is 0 Å². The van der Waals surface area contributed by atoms with Gasteiger partial charge < -0.3 is 9.30 Å². The summed E-state index contributed by atoms with van der Waals surface area (Å²) in [6, 6.07) is 24.7. The van der Waals surface area contributed by atoms with Crippen LogP contribution in [-0.2, 0) is 14.1 Å². The van der Waals surface area contributed by atoms with Crippen molar-refractivity contribution in [1.82, 2.24) is 9.13 Å². The van der Waals surface area contributed by atoms with E-state index in [4.69, 9.17) is 9.85 Å². The van der Waals surface area contributed by atoms with Crippen LogP contribution in [0.15, 0.2) is 77.9 Å². The summed E-state index contributed by atoms with van der Waals surface area (Å²) in [6.07, 6.45) is 0. The largest absolute Gasteiger partial charge is 0.497 e. The average molecular weight is 414 g/mol. The molecular formula is C24H21N4OS+. The van der Waals surface area contributed by atoms with Gasteiger partial charge in [0.1, 0.15) is 11.3 Å². The number of thiazole rings is 1. The van der Waals surface area contributed by atoms with Gasteiger partial charge in [0.25, 0.3) is 0 Å². The van der Waals surface area contributed by atoms with Crippen LogP contribution in [0.3, 0.4) is 0 Å². The quantitative estimate of drug-likeness (QED) is 0.292. The van der Waals surface area contributed by atoms with Gasteiger partial charge in [-0.2, -0.15) is 0 Å². The maximum Gasteiger partial charge on any atom is 0.465 e. The van der Waals surface area contributed by atoms with Gasteiger partial charge in [-0.05, 0) is 29.5 Å². The molecule has 5 aromatic rings. The third kappa shape index (κ3) is 2.94. The molecule has 2 heterocycles. The normalized spacial score (nSPS) is 11.0. The van der Waals surface area contributed by atoms with Crippen molar-refractivity contribution >= 4 is 38.1 Å². The van der Waals surface area contributed by atoms with Crippen LogP contribution in [0.25, 0.3) is 32.4 Å². The van der Waals surface area contributed by atoms with Crippen molar-refractivity contribution in [2.24, 2.45) is 19.2 Å². The van der Waals surface area contributed by atoms with Crippen LogP contribution in [0, 0.1) is 0 Å². The summed E-state index contributed by atoms with van der Waals surface area (Å²) in [4.78, 5) is 5.51. The van der Waals surface area contributed by atoms with Gasteiger partial charge in [0.05, 0.1) is 30.1 Å². The maximum atomic E-state index is 5.36. The van der Waals surface area contributed by atoms with E-state index in [1.54, 1.807) is 18.4 Å². The summed E-state index contributed by atoms with van der Waals surface area (Å²) in [7, 11) is 5.78. The number of hydrogen-bond donors (Lipinski definition) is 0. The highest BCUT2D eigenvalue weighted by atomic mass is 32.1. The third-order valence-electron chi connectivity index (χ3n) is 5.38. The molecule has 0 amide bonds. The Bertz CT molecular complexity index is 1480. The van der Waals surface area contributed by atoms with Crippen LogP contribution in [0.4, 0.5) is 5.69 Å². The first-order valence-electron chi connectivity index (χ1n) is 9.68. The van der Waals surface area contributed by atoms with Crippen molar-refractivity contribution in [3.05, 3.63) is 77.6 Å². The maximum absolute atomic E-state index is 5.36. The minimum absolute atomic E-state index is 0.838. The van der Waals surface area contributed by atoms with E-state index in [0.717, 1.165) is 48.6 Å². The van der Waals surface area contributed by atoms with Crippen molar-refractivity contribution < 1.29 is 9.53 Å². The Hall–Kier alpha value is -3.60. The molecule has 0 N–H and O–H groups in total. The molecule has 0 aliphatic carbocycles.